The van der Waals surface area contributed by atoms with Crippen LogP contribution in [0.1, 0.15) is 47.6 Å². The first-order valence-corrected chi connectivity index (χ1v) is 9.91. The van der Waals surface area contributed by atoms with E-state index >= 15 is 0 Å². The van der Waals surface area contributed by atoms with Crippen molar-refractivity contribution in [2.45, 2.75) is 37.8 Å². The number of hydrogen-bond donors (Lipinski definition) is 1. The molecule has 1 saturated carbocycles. The zero-order chi connectivity index (χ0) is 18.8. The molecule has 1 saturated heterocycles. The van der Waals surface area contributed by atoms with Gasteiger partial charge in [-0.15, -0.1) is 0 Å². The number of nitrogens with zero attached hydrogens (tertiary/aromatic N) is 1. The highest BCUT2D eigenvalue weighted by atomic mass is 35.5. The van der Waals surface area contributed by atoms with Crippen molar-refractivity contribution >= 4 is 23.4 Å². The predicted octanol–water partition coefficient (Wildman–Crippen LogP) is 4.21. The first-order chi connectivity index (χ1) is 13.1. The van der Waals surface area contributed by atoms with Crippen LogP contribution in [-0.4, -0.2) is 29.3 Å². The number of rotatable bonds is 4. The van der Waals surface area contributed by atoms with Gasteiger partial charge in [0.15, 0.2) is 0 Å². The topological polar surface area (TPSA) is 49.4 Å². The lowest BCUT2D eigenvalue weighted by molar-refractivity contribution is -0.127. The van der Waals surface area contributed by atoms with Gasteiger partial charge in [0.2, 0.25) is 5.91 Å². The van der Waals surface area contributed by atoms with Crippen LogP contribution in [0.4, 0.5) is 0 Å². The van der Waals surface area contributed by atoms with Gasteiger partial charge < -0.3 is 10.2 Å². The molecule has 2 aromatic rings. The van der Waals surface area contributed by atoms with E-state index in [2.05, 4.69) is 17.4 Å². The molecule has 1 aliphatic heterocycles. The third kappa shape index (κ3) is 4.16. The molecule has 2 fully saturated rings. The van der Waals surface area contributed by atoms with Crippen molar-refractivity contribution in [1.82, 2.24) is 10.2 Å². The SMILES string of the molecule is O=C(NC1CC1)C1CCC(c2ccccc2)N(C(=O)c2ccc(Cl)cc2)C1. The standard InChI is InChI=1S/C22H23ClN2O2/c23-18-9-6-16(7-10-18)22(27)25-14-17(21(26)24-19-11-12-19)8-13-20(25)15-4-2-1-3-5-15/h1-7,9-10,17,19-20H,8,11-14H2,(H,24,26). The van der Waals surface area contributed by atoms with Gasteiger partial charge in [0, 0.05) is 23.2 Å². The molecule has 2 amide bonds. The molecule has 4 rings (SSSR count). The van der Waals surface area contributed by atoms with Gasteiger partial charge in [-0.05, 0) is 55.5 Å². The van der Waals surface area contributed by atoms with E-state index in [0.717, 1.165) is 31.2 Å². The minimum absolute atomic E-state index is 0.0145. The molecule has 1 N–H and O–H groups in total. The summed E-state index contributed by atoms with van der Waals surface area (Å²) in [5, 5.41) is 3.69. The summed E-state index contributed by atoms with van der Waals surface area (Å²) < 4.78 is 0. The smallest absolute Gasteiger partial charge is 0.254 e. The molecular formula is C22H23ClN2O2. The zero-order valence-electron chi connectivity index (χ0n) is 15.1. The molecule has 27 heavy (non-hydrogen) atoms. The largest absolute Gasteiger partial charge is 0.353 e. The number of carbonyl (C=O) groups is 2. The van der Waals surface area contributed by atoms with E-state index in [-0.39, 0.29) is 23.8 Å². The van der Waals surface area contributed by atoms with Gasteiger partial charge >= 0.3 is 0 Å². The molecule has 2 aliphatic rings. The molecule has 5 heteroatoms. The number of benzene rings is 2. The van der Waals surface area contributed by atoms with E-state index in [1.165, 1.54) is 0 Å². The maximum atomic E-state index is 13.2. The van der Waals surface area contributed by atoms with Gasteiger partial charge in [0.25, 0.3) is 5.91 Å². The van der Waals surface area contributed by atoms with Crippen molar-refractivity contribution in [3.05, 3.63) is 70.7 Å². The van der Waals surface area contributed by atoms with Gasteiger partial charge in [-0.2, -0.15) is 0 Å². The quantitative estimate of drug-likeness (QED) is 0.860. The number of amides is 2. The Hall–Kier alpha value is -2.33. The summed E-state index contributed by atoms with van der Waals surface area (Å²) in [4.78, 5) is 27.7. The predicted molar refractivity (Wildman–Crippen MR) is 106 cm³/mol. The Morgan fingerprint density at radius 1 is 0.926 bits per heavy atom. The Morgan fingerprint density at radius 3 is 2.30 bits per heavy atom. The number of halogens is 1. The van der Waals surface area contributed by atoms with Crippen molar-refractivity contribution in [3.63, 3.8) is 0 Å². The van der Waals surface area contributed by atoms with Gasteiger partial charge in [-0.1, -0.05) is 41.9 Å². The van der Waals surface area contributed by atoms with Crippen LogP contribution in [0.25, 0.3) is 0 Å². The maximum absolute atomic E-state index is 13.2. The van der Waals surface area contributed by atoms with E-state index in [1.807, 2.05) is 23.1 Å². The summed E-state index contributed by atoms with van der Waals surface area (Å²) in [6, 6.07) is 17.4. The van der Waals surface area contributed by atoms with Crippen LogP contribution in [0.3, 0.4) is 0 Å². The summed E-state index contributed by atoms with van der Waals surface area (Å²) >= 11 is 5.97. The monoisotopic (exact) mass is 382 g/mol. The fraction of sp³-hybridized carbons (Fsp3) is 0.364. The summed E-state index contributed by atoms with van der Waals surface area (Å²) in [5.74, 6) is -0.121. The van der Waals surface area contributed by atoms with E-state index in [4.69, 9.17) is 11.6 Å². The fourth-order valence-electron chi connectivity index (χ4n) is 3.74. The van der Waals surface area contributed by atoms with E-state index in [9.17, 15) is 9.59 Å². The van der Waals surface area contributed by atoms with Crippen LogP contribution in [0.2, 0.25) is 5.02 Å². The van der Waals surface area contributed by atoms with Crippen LogP contribution in [-0.2, 0) is 4.79 Å². The summed E-state index contributed by atoms with van der Waals surface area (Å²) in [6.07, 6.45) is 3.71. The number of hydrogen-bond acceptors (Lipinski definition) is 2. The van der Waals surface area contributed by atoms with Crippen molar-refractivity contribution < 1.29 is 9.59 Å². The van der Waals surface area contributed by atoms with Gasteiger partial charge in [-0.3, -0.25) is 9.59 Å². The maximum Gasteiger partial charge on any atom is 0.254 e. The Kier molecular flexibility index (Phi) is 5.17. The Morgan fingerprint density at radius 2 is 1.63 bits per heavy atom. The van der Waals surface area contributed by atoms with Gasteiger partial charge in [0.1, 0.15) is 0 Å². The second kappa shape index (κ2) is 7.73. The van der Waals surface area contributed by atoms with E-state index in [1.54, 1.807) is 24.3 Å². The summed E-state index contributed by atoms with van der Waals surface area (Å²) in [5.41, 5.74) is 1.71. The van der Waals surface area contributed by atoms with Crippen LogP contribution >= 0.6 is 11.6 Å². The first kappa shape index (κ1) is 18.1. The van der Waals surface area contributed by atoms with Gasteiger partial charge in [0.05, 0.1) is 12.0 Å². The van der Waals surface area contributed by atoms with Crippen LogP contribution in [0.15, 0.2) is 54.6 Å². The van der Waals surface area contributed by atoms with Gasteiger partial charge in [-0.25, -0.2) is 0 Å². The van der Waals surface area contributed by atoms with Crippen molar-refractivity contribution in [1.29, 1.82) is 0 Å². The Labute approximate surface area is 164 Å². The number of piperidine rings is 1. The minimum atomic E-state index is -0.151. The molecule has 0 spiro atoms. The third-order valence-corrected chi connectivity index (χ3v) is 5.66. The highest BCUT2D eigenvalue weighted by molar-refractivity contribution is 6.30. The van der Waals surface area contributed by atoms with Crippen molar-refractivity contribution in [2.24, 2.45) is 5.92 Å². The minimum Gasteiger partial charge on any atom is -0.353 e. The van der Waals surface area contributed by atoms with Crippen molar-refractivity contribution in [3.8, 4) is 0 Å². The second-order valence-corrected chi connectivity index (χ2v) is 7.88. The molecule has 140 valence electrons. The molecule has 1 heterocycles. The van der Waals surface area contributed by atoms with Crippen LogP contribution in [0.5, 0.6) is 0 Å². The average molecular weight is 383 g/mol. The number of likely N-dealkylation sites (tertiary alicyclic amines) is 1. The lowest BCUT2D eigenvalue weighted by atomic mass is 9.88. The first-order valence-electron chi connectivity index (χ1n) is 9.53. The molecule has 2 atom stereocenters. The molecule has 0 bridgehead atoms. The van der Waals surface area contributed by atoms with E-state index < -0.39 is 0 Å². The van der Waals surface area contributed by atoms with E-state index in [0.29, 0.717) is 23.2 Å². The number of nitrogens with one attached hydrogen (secondary N) is 1. The average Bonchev–Trinajstić information content (AvgIpc) is 3.52. The highest BCUT2D eigenvalue weighted by Gasteiger charge is 2.37. The van der Waals surface area contributed by atoms with Crippen molar-refractivity contribution in [2.75, 3.05) is 6.54 Å². The second-order valence-electron chi connectivity index (χ2n) is 7.45. The van der Waals surface area contributed by atoms with Crippen LogP contribution < -0.4 is 5.32 Å². The lowest BCUT2D eigenvalue weighted by Crippen LogP contribution is -2.47. The summed E-state index contributed by atoms with van der Waals surface area (Å²) in [7, 11) is 0. The molecule has 1 aliphatic carbocycles. The lowest BCUT2D eigenvalue weighted by Gasteiger charge is -2.39. The molecule has 4 nitrogen and oxygen atoms in total. The normalized spacial score (nSPS) is 22.3. The molecular weight excluding hydrogens is 360 g/mol. The molecule has 2 unspecified atom stereocenters. The fourth-order valence-corrected chi connectivity index (χ4v) is 3.86. The molecule has 2 aromatic carbocycles. The third-order valence-electron chi connectivity index (χ3n) is 5.41. The number of carbonyl (C=O) groups excluding carboxylic acids is 2. The highest BCUT2D eigenvalue weighted by Crippen LogP contribution is 2.35. The van der Waals surface area contributed by atoms with Crippen LogP contribution in [0, 0.1) is 5.92 Å². The zero-order valence-corrected chi connectivity index (χ0v) is 15.9. The summed E-state index contributed by atoms with van der Waals surface area (Å²) in [6.45, 7) is 0.444. The Balaban J connectivity index is 1.58. The Bertz CT molecular complexity index is 818. The molecule has 0 radical (unpaired) electrons. The molecule has 0 aromatic heterocycles.